The molecule has 3 rings (SSSR count). The van der Waals surface area contributed by atoms with Crippen molar-refractivity contribution in [3.63, 3.8) is 0 Å². The van der Waals surface area contributed by atoms with E-state index in [0.29, 0.717) is 5.56 Å². The van der Waals surface area contributed by atoms with Gasteiger partial charge in [-0.25, -0.2) is 4.39 Å². The van der Waals surface area contributed by atoms with Crippen LogP contribution in [0, 0.1) is 11.7 Å². The number of carbonyl (C=O) groups excluding carboxylic acids is 2. The van der Waals surface area contributed by atoms with Gasteiger partial charge < -0.3 is 10.4 Å². The second-order valence-corrected chi connectivity index (χ2v) is 8.01. The van der Waals surface area contributed by atoms with E-state index in [1.165, 1.54) is 24.3 Å². The molecule has 0 saturated heterocycles. The van der Waals surface area contributed by atoms with E-state index in [-0.39, 0.29) is 37.4 Å². The van der Waals surface area contributed by atoms with Crippen molar-refractivity contribution in [3.8, 4) is 0 Å². The van der Waals surface area contributed by atoms with Gasteiger partial charge in [0.15, 0.2) is 5.78 Å². The van der Waals surface area contributed by atoms with Crippen molar-refractivity contribution in [2.24, 2.45) is 5.92 Å². The van der Waals surface area contributed by atoms with Gasteiger partial charge in [-0.2, -0.15) is 0 Å². The molecular formula is C27H26FNO4. The number of ketones is 1. The van der Waals surface area contributed by atoms with E-state index in [9.17, 15) is 23.9 Å². The first kappa shape index (κ1) is 23.9. The molecular weight excluding hydrogens is 421 g/mol. The second kappa shape index (κ2) is 11.7. The van der Waals surface area contributed by atoms with Crippen molar-refractivity contribution in [2.75, 3.05) is 0 Å². The number of carbonyl (C=O) groups is 3. The van der Waals surface area contributed by atoms with E-state index in [4.69, 9.17) is 0 Å². The summed E-state index contributed by atoms with van der Waals surface area (Å²) in [4.78, 5) is 37.6. The predicted octanol–water partition coefficient (Wildman–Crippen LogP) is 4.00. The van der Waals surface area contributed by atoms with Gasteiger partial charge in [-0.15, -0.1) is 0 Å². The Labute approximate surface area is 192 Å². The normalized spacial score (nSPS) is 12.5. The average molecular weight is 448 g/mol. The molecule has 0 heterocycles. The van der Waals surface area contributed by atoms with Crippen LogP contribution >= 0.6 is 0 Å². The molecule has 3 aromatic carbocycles. The molecule has 0 bridgehead atoms. The molecule has 0 saturated carbocycles. The Balaban J connectivity index is 1.72. The van der Waals surface area contributed by atoms with Crippen LogP contribution < -0.4 is 5.32 Å². The van der Waals surface area contributed by atoms with Gasteiger partial charge >= 0.3 is 5.97 Å². The molecule has 0 radical (unpaired) electrons. The summed E-state index contributed by atoms with van der Waals surface area (Å²) in [6.45, 7) is 0. The Bertz CT molecular complexity index is 1070. The summed E-state index contributed by atoms with van der Waals surface area (Å²) in [7, 11) is 0. The maximum absolute atomic E-state index is 13.2. The van der Waals surface area contributed by atoms with Gasteiger partial charge in [0.1, 0.15) is 5.82 Å². The minimum atomic E-state index is -1.05. The van der Waals surface area contributed by atoms with Crippen LogP contribution in [0.4, 0.5) is 4.39 Å². The summed E-state index contributed by atoms with van der Waals surface area (Å²) in [6, 6.07) is 23.1. The molecule has 0 fully saturated rings. The maximum Gasteiger partial charge on any atom is 0.307 e. The highest BCUT2D eigenvalue weighted by Crippen LogP contribution is 2.16. The fourth-order valence-corrected chi connectivity index (χ4v) is 3.66. The van der Waals surface area contributed by atoms with Crippen molar-refractivity contribution in [1.82, 2.24) is 5.32 Å². The number of carboxylic acids is 1. The van der Waals surface area contributed by atoms with Gasteiger partial charge in [0.25, 0.3) is 0 Å². The molecule has 5 nitrogen and oxygen atoms in total. The molecule has 6 heteroatoms. The molecule has 0 aliphatic carbocycles. The number of nitrogens with one attached hydrogen (secondary N) is 1. The van der Waals surface area contributed by atoms with Gasteiger partial charge in [0.05, 0.1) is 18.4 Å². The van der Waals surface area contributed by atoms with Crippen LogP contribution in [0.3, 0.4) is 0 Å². The second-order valence-electron chi connectivity index (χ2n) is 8.01. The molecule has 0 aromatic heterocycles. The Hall–Kier alpha value is -3.80. The summed E-state index contributed by atoms with van der Waals surface area (Å²) in [6.07, 6.45) is 0.278. The van der Waals surface area contributed by atoms with Crippen LogP contribution in [0.1, 0.15) is 23.1 Å². The van der Waals surface area contributed by atoms with Crippen LogP contribution in [0.25, 0.3) is 0 Å². The number of halogens is 1. The highest BCUT2D eigenvalue weighted by Gasteiger charge is 2.28. The molecule has 1 amide bonds. The zero-order valence-electron chi connectivity index (χ0n) is 18.1. The van der Waals surface area contributed by atoms with E-state index < -0.39 is 23.7 Å². The summed E-state index contributed by atoms with van der Waals surface area (Å²) in [5, 5.41) is 12.4. The molecule has 33 heavy (non-hydrogen) atoms. The smallest absolute Gasteiger partial charge is 0.307 e. The highest BCUT2D eigenvalue weighted by atomic mass is 19.1. The number of Topliss-reactive ketones (excluding diaryl/α,β-unsaturated/α-hetero) is 1. The van der Waals surface area contributed by atoms with Crippen LogP contribution in [-0.2, 0) is 33.6 Å². The molecule has 0 aliphatic rings. The molecule has 2 atom stereocenters. The van der Waals surface area contributed by atoms with E-state index in [1.54, 1.807) is 0 Å². The number of benzene rings is 3. The van der Waals surface area contributed by atoms with Crippen molar-refractivity contribution < 1.29 is 23.9 Å². The number of hydrogen-bond donors (Lipinski definition) is 2. The third kappa shape index (κ3) is 7.68. The first-order valence-electron chi connectivity index (χ1n) is 10.8. The molecule has 2 N–H and O–H groups in total. The first-order valence-corrected chi connectivity index (χ1v) is 10.8. The van der Waals surface area contributed by atoms with Crippen LogP contribution in [-0.4, -0.2) is 28.8 Å². The predicted molar refractivity (Wildman–Crippen MR) is 123 cm³/mol. The third-order valence-electron chi connectivity index (χ3n) is 5.41. The molecule has 0 unspecified atom stereocenters. The highest BCUT2D eigenvalue weighted by molar-refractivity contribution is 5.92. The van der Waals surface area contributed by atoms with Crippen LogP contribution in [0.5, 0.6) is 0 Å². The first-order chi connectivity index (χ1) is 15.9. The lowest BCUT2D eigenvalue weighted by atomic mass is 9.90. The Morgan fingerprint density at radius 2 is 1.30 bits per heavy atom. The SMILES string of the molecule is O=C(Cc1ccc(F)cc1)N[C@@H](Cc1ccccc1)C(=O)C[C@@H](Cc1ccccc1)C(=O)O. The van der Waals surface area contributed by atoms with Gasteiger partial charge in [-0.05, 0) is 41.7 Å². The van der Waals surface area contributed by atoms with Gasteiger partial charge in [-0.3, -0.25) is 14.4 Å². The van der Waals surface area contributed by atoms with Gasteiger partial charge in [-0.1, -0.05) is 72.8 Å². The number of amides is 1. The van der Waals surface area contributed by atoms with Crippen molar-refractivity contribution in [2.45, 2.75) is 31.7 Å². The van der Waals surface area contributed by atoms with E-state index in [0.717, 1.165) is 11.1 Å². The standard InChI is InChI=1S/C27H26FNO4/c28-23-13-11-21(12-14-23)17-26(31)29-24(16-20-9-5-2-6-10-20)25(30)18-22(27(32)33)15-19-7-3-1-4-8-19/h1-14,22,24H,15-18H2,(H,29,31)(H,32,33)/t22-,24+/m1/s1. The average Bonchev–Trinajstić information content (AvgIpc) is 2.81. The summed E-state index contributed by atoms with van der Waals surface area (Å²) < 4.78 is 13.1. The zero-order chi connectivity index (χ0) is 23.6. The third-order valence-corrected chi connectivity index (χ3v) is 5.41. The van der Waals surface area contributed by atoms with E-state index in [1.807, 2.05) is 60.7 Å². The topological polar surface area (TPSA) is 83.5 Å². The number of carboxylic acid groups (broad SMARTS) is 1. The van der Waals surface area contributed by atoms with Gasteiger partial charge in [0.2, 0.25) is 5.91 Å². The van der Waals surface area contributed by atoms with E-state index in [2.05, 4.69) is 5.32 Å². The van der Waals surface area contributed by atoms with E-state index >= 15 is 0 Å². The minimum absolute atomic E-state index is 0.00871. The van der Waals surface area contributed by atoms with Gasteiger partial charge in [0, 0.05) is 6.42 Å². The maximum atomic E-state index is 13.2. The number of hydrogen-bond acceptors (Lipinski definition) is 3. The lowest BCUT2D eigenvalue weighted by molar-refractivity contribution is -0.144. The Morgan fingerprint density at radius 1 is 0.758 bits per heavy atom. The van der Waals surface area contributed by atoms with Crippen molar-refractivity contribution in [1.29, 1.82) is 0 Å². The largest absolute Gasteiger partial charge is 0.481 e. The fraction of sp³-hybridized carbons (Fsp3) is 0.222. The molecule has 170 valence electrons. The number of rotatable bonds is 11. The minimum Gasteiger partial charge on any atom is -0.481 e. The lowest BCUT2D eigenvalue weighted by Gasteiger charge is -2.20. The summed E-state index contributed by atoms with van der Waals surface area (Å²) in [5.74, 6) is -3.06. The van der Waals surface area contributed by atoms with Crippen molar-refractivity contribution >= 4 is 17.7 Å². The summed E-state index contributed by atoms with van der Waals surface area (Å²) >= 11 is 0. The van der Waals surface area contributed by atoms with Crippen LogP contribution in [0.15, 0.2) is 84.9 Å². The van der Waals surface area contributed by atoms with Crippen molar-refractivity contribution in [3.05, 3.63) is 107 Å². The quantitative estimate of drug-likeness (QED) is 0.465. The number of aliphatic carboxylic acids is 1. The Morgan fingerprint density at radius 3 is 1.85 bits per heavy atom. The Kier molecular flexibility index (Phi) is 8.47. The van der Waals surface area contributed by atoms with Crippen LogP contribution in [0.2, 0.25) is 0 Å². The molecule has 0 aliphatic heterocycles. The zero-order valence-corrected chi connectivity index (χ0v) is 18.1. The molecule has 0 spiro atoms. The molecule has 3 aromatic rings. The monoisotopic (exact) mass is 447 g/mol. The summed E-state index contributed by atoms with van der Waals surface area (Å²) in [5.41, 5.74) is 2.30. The lowest BCUT2D eigenvalue weighted by Crippen LogP contribution is -2.44. The fourth-order valence-electron chi connectivity index (χ4n) is 3.66.